The number of likely N-dealkylation sites (tertiary alicyclic amines) is 1. The molecule has 11 heteroatoms. The summed E-state index contributed by atoms with van der Waals surface area (Å²) in [6.07, 6.45) is 1.11. The molecule has 0 aliphatic carbocycles. The predicted molar refractivity (Wildman–Crippen MR) is 105 cm³/mol. The summed E-state index contributed by atoms with van der Waals surface area (Å²) in [5.74, 6) is -2.76. The summed E-state index contributed by atoms with van der Waals surface area (Å²) in [6.45, 7) is 3.15. The van der Waals surface area contributed by atoms with Gasteiger partial charge in [0.05, 0.1) is 18.8 Å². The standard InChI is InChI=1S/C17H19N5S.C2HF3O2/c1-2-4-14(5-3-1)16-12-22(20-19-16)15-6-9-21(10-7-15)13-17-18-8-11-23-17;3-2(4,5)1(6)7/h1-5,8,11-12,15H,6-7,9-10,13H2;(H,6,7). The molecule has 0 radical (unpaired) electrons. The molecule has 1 N–H and O–H groups in total. The maximum atomic E-state index is 10.6. The summed E-state index contributed by atoms with van der Waals surface area (Å²) in [5.41, 5.74) is 2.08. The number of rotatable bonds is 4. The van der Waals surface area contributed by atoms with E-state index in [2.05, 4.69) is 38.5 Å². The average Bonchev–Trinajstić information content (AvgIpc) is 3.41. The largest absolute Gasteiger partial charge is 0.490 e. The molecule has 7 nitrogen and oxygen atoms in total. The van der Waals surface area contributed by atoms with E-state index in [0.717, 1.165) is 43.7 Å². The number of hydrogen-bond donors (Lipinski definition) is 1. The molecule has 0 amide bonds. The molecule has 160 valence electrons. The smallest absolute Gasteiger partial charge is 0.475 e. The third kappa shape index (κ3) is 6.10. The van der Waals surface area contributed by atoms with Gasteiger partial charge in [-0.05, 0) is 12.8 Å². The third-order valence-corrected chi connectivity index (χ3v) is 5.36. The Labute approximate surface area is 174 Å². The van der Waals surface area contributed by atoms with Gasteiger partial charge in [-0.1, -0.05) is 35.5 Å². The molecule has 1 aromatic carbocycles. The van der Waals surface area contributed by atoms with Crippen molar-refractivity contribution in [2.45, 2.75) is 31.6 Å². The Balaban J connectivity index is 0.000000318. The Bertz CT molecular complexity index is 923. The van der Waals surface area contributed by atoms with E-state index in [9.17, 15) is 13.2 Å². The molecule has 4 rings (SSSR count). The van der Waals surface area contributed by atoms with Crippen molar-refractivity contribution in [1.82, 2.24) is 24.9 Å². The molecular formula is C19H20F3N5O2S. The van der Waals surface area contributed by atoms with Crippen molar-refractivity contribution in [3.8, 4) is 11.3 Å². The SMILES string of the molecule is O=C(O)C(F)(F)F.c1ccc(-c2cn(C3CCN(Cc4nccs4)CC3)nn2)cc1. The van der Waals surface area contributed by atoms with Crippen LogP contribution in [-0.4, -0.2) is 55.2 Å². The number of aromatic nitrogens is 4. The van der Waals surface area contributed by atoms with E-state index in [-0.39, 0.29) is 0 Å². The van der Waals surface area contributed by atoms with E-state index in [1.54, 1.807) is 11.3 Å². The van der Waals surface area contributed by atoms with Crippen LogP contribution in [0.2, 0.25) is 0 Å². The molecule has 0 bridgehead atoms. The number of piperidine rings is 1. The Morgan fingerprint density at radius 1 is 1.20 bits per heavy atom. The van der Waals surface area contributed by atoms with Gasteiger partial charge in [0, 0.05) is 30.2 Å². The van der Waals surface area contributed by atoms with Gasteiger partial charge in [0.1, 0.15) is 10.7 Å². The first kappa shape index (κ1) is 21.9. The van der Waals surface area contributed by atoms with Gasteiger partial charge < -0.3 is 5.11 Å². The van der Waals surface area contributed by atoms with E-state index in [0.29, 0.717) is 6.04 Å². The lowest BCUT2D eigenvalue weighted by Gasteiger charge is -2.31. The highest BCUT2D eigenvalue weighted by Crippen LogP contribution is 2.25. The second kappa shape index (κ2) is 9.81. The normalized spacial score (nSPS) is 15.4. The van der Waals surface area contributed by atoms with Gasteiger partial charge >= 0.3 is 12.1 Å². The molecule has 2 aromatic heterocycles. The summed E-state index contributed by atoms with van der Waals surface area (Å²) in [6, 6.07) is 10.7. The minimum atomic E-state index is -5.08. The summed E-state index contributed by atoms with van der Waals surface area (Å²) in [7, 11) is 0. The highest BCUT2D eigenvalue weighted by Gasteiger charge is 2.38. The molecule has 30 heavy (non-hydrogen) atoms. The topological polar surface area (TPSA) is 84.1 Å². The van der Waals surface area contributed by atoms with Crippen molar-refractivity contribution in [1.29, 1.82) is 0 Å². The molecule has 1 fully saturated rings. The number of carboxylic acids is 1. The Morgan fingerprint density at radius 3 is 2.43 bits per heavy atom. The lowest BCUT2D eigenvalue weighted by molar-refractivity contribution is -0.192. The number of carboxylic acid groups (broad SMARTS) is 1. The fourth-order valence-corrected chi connectivity index (χ4v) is 3.72. The van der Waals surface area contributed by atoms with Crippen molar-refractivity contribution in [3.63, 3.8) is 0 Å². The first-order chi connectivity index (χ1) is 14.3. The van der Waals surface area contributed by atoms with Crippen LogP contribution in [0.5, 0.6) is 0 Å². The number of alkyl halides is 3. The van der Waals surface area contributed by atoms with Gasteiger partial charge in [-0.25, -0.2) is 14.5 Å². The van der Waals surface area contributed by atoms with Crippen LogP contribution in [0.3, 0.4) is 0 Å². The first-order valence-electron chi connectivity index (χ1n) is 9.21. The highest BCUT2D eigenvalue weighted by atomic mass is 32.1. The summed E-state index contributed by atoms with van der Waals surface area (Å²) in [5, 5.41) is 19.1. The fraction of sp³-hybridized carbons (Fsp3) is 0.368. The Hall–Kier alpha value is -2.79. The van der Waals surface area contributed by atoms with Crippen LogP contribution >= 0.6 is 11.3 Å². The van der Waals surface area contributed by atoms with Crippen molar-refractivity contribution >= 4 is 17.3 Å². The average molecular weight is 439 g/mol. The summed E-state index contributed by atoms with van der Waals surface area (Å²) < 4.78 is 33.8. The molecule has 1 aliphatic heterocycles. The third-order valence-electron chi connectivity index (χ3n) is 4.60. The van der Waals surface area contributed by atoms with E-state index in [1.807, 2.05) is 34.5 Å². The molecule has 1 aliphatic rings. The van der Waals surface area contributed by atoms with Crippen LogP contribution in [0.25, 0.3) is 11.3 Å². The number of carbonyl (C=O) groups is 1. The first-order valence-corrected chi connectivity index (χ1v) is 10.1. The minimum Gasteiger partial charge on any atom is -0.475 e. The molecular weight excluding hydrogens is 419 g/mol. The lowest BCUT2D eigenvalue weighted by Crippen LogP contribution is -2.34. The highest BCUT2D eigenvalue weighted by molar-refractivity contribution is 7.09. The number of nitrogens with zero attached hydrogens (tertiary/aromatic N) is 5. The molecule has 3 heterocycles. The monoisotopic (exact) mass is 439 g/mol. The summed E-state index contributed by atoms with van der Waals surface area (Å²) in [4.78, 5) is 15.7. The maximum absolute atomic E-state index is 10.6. The van der Waals surface area contributed by atoms with Crippen LogP contribution in [0.1, 0.15) is 23.9 Å². The minimum absolute atomic E-state index is 0.451. The molecule has 0 spiro atoms. The van der Waals surface area contributed by atoms with Gasteiger partial charge in [-0.3, -0.25) is 4.90 Å². The molecule has 0 atom stereocenters. The van der Waals surface area contributed by atoms with Crippen LogP contribution in [-0.2, 0) is 11.3 Å². The quantitative estimate of drug-likeness (QED) is 0.664. The lowest BCUT2D eigenvalue weighted by atomic mass is 10.1. The second-order valence-corrected chi connectivity index (χ2v) is 7.67. The second-order valence-electron chi connectivity index (χ2n) is 6.69. The van der Waals surface area contributed by atoms with E-state index in [1.165, 1.54) is 5.01 Å². The van der Waals surface area contributed by atoms with E-state index < -0.39 is 12.1 Å². The van der Waals surface area contributed by atoms with Crippen molar-refractivity contribution in [2.75, 3.05) is 13.1 Å². The van der Waals surface area contributed by atoms with Crippen molar-refractivity contribution < 1.29 is 23.1 Å². The van der Waals surface area contributed by atoms with Crippen molar-refractivity contribution in [2.24, 2.45) is 0 Å². The maximum Gasteiger partial charge on any atom is 0.490 e. The Kier molecular flexibility index (Phi) is 7.16. The zero-order chi connectivity index (χ0) is 21.6. The van der Waals surface area contributed by atoms with Crippen molar-refractivity contribution in [3.05, 3.63) is 53.1 Å². The van der Waals surface area contributed by atoms with Gasteiger partial charge in [0.25, 0.3) is 0 Å². The van der Waals surface area contributed by atoms with Crippen LogP contribution in [0.4, 0.5) is 13.2 Å². The van der Waals surface area contributed by atoms with Gasteiger partial charge in [-0.15, -0.1) is 16.4 Å². The van der Waals surface area contributed by atoms with E-state index in [4.69, 9.17) is 9.90 Å². The number of hydrogen-bond acceptors (Lipinski definition) is 6. The molecule has 3 aromatic rings. The van der Waals surface area contributed by atoms with Crippen LogP contribution in [0, 0.1) is 0 Å². The zero-order valence-electron chi connectivity index (χ0n) is 15.9. The number of thiazole rings is 1. The summed E-state index contributed by atoms with van der Waals surface area (Å²) >= 11 is 1.73. The van der Waals surface area contributed by atoms with Gasteiger partial charge in [0.15, 0.2) is 0 Å². The fourth-order valence-electron chi connectivity index (χ4n) is 3.06. The zero-order valence-corrected chi connectivity index (χ0v) is 16.7. The van der Waals surface area contributed by atoms with E-state index >= 15 is 0 Å². The molecule has 0 unspecified atom stereocenters. The van der Waals surface area contributed by atoms with Gasteiger partial charge in [-0.2, -0.15) is 13.2 Å². The Morgan fingerprint density at radius 2 is 1.87 bits per heavy atom. The number of aliphatic carboxylic acids is 1. The van der Waals surface area contributed by atoms with Gasteiger partial charge in [0.2, 0.25) is 0 Å². The van der Waals surface area contributed by atoms with Crippen LogP contribution in [0.15, 0.2) is 48.1 Å². The number of benzene rings is 1. The predicted octanol–water partition coefficient (Wildman–Crippen LogP) is 3.87. The van der Waals surface area contributed by atoms with Crippen LogP contribution < -0.4 is 0 Å². The molecule has 0 saturated carbocycles. The number of halogens is 3. The molecule has 1 saturated heterocycles.